The van der Waals surface area contributed by atoms with Crippen LogP contribution in [0.2, 0.25) is 0 Å². The molecule has 2 amide bonds. The van der Waals surface area contributed by atoms with Crippen molar-refractivity contribution in [1.82, 2.24) is 15.6 Å². The molecule has 3 N–H and O–H groups in total. The second-order valence-corrected chi connectivity index (χ2v) is 8.92. The Morgan fingerprint density at radius 2 is 1.94 bits per heavy atom. The number of anilines is 1. The van der Waals surface area contributed by atoms with E-state index in [9.17, 15) is 9.59 Å². The molecule has 2 aliphatic rings. The summed E-state index contributed by atoms with van der Waals surface area (Å²) in [4.78, 5) is 29.3. The van der Waals surface area contributed by atoms with Crippen molar-refractivity contribution in [2.45, 2.75) is 25.2 Å². The number of nitrogens with zero attached hydrogens (tertiary/aromatic N) is 1. The molecule has 3 atom stereocenters. The van der Waals surface area contributed by atoms with Crippen LogP contribution in [0, 0.1) is 11.8 Å². The molecule has 1 saturated carbocycles. The fraction of sp³-hybridized carbons (Fsp3) is 0.346. The van der Waals surface area contributed by atoms with Crippen LogP contribution in [0.25, 0.3) is 10.8 Å². The zero-order valence-corrected chi connectivity index (χ0v) is 18.0. The van der Waals surface area contributed by atoms with Crippen LogP contribution in [0.5, 0.6) is 0 Å². The lowest BCUT2D eigenvalue weighted by Crippen LogP contribution is -2.38. The minimum atomic E-state index is -0.0290. The number of fused-ring (bicyclic) bond motifs is 1. The lowest BCUT2D eigenvalue weighted by Gasteiger charge is -2.22. The smallest absolute Gasteiger partial charge is 0.251 e. The Labute approximate surface area is 187 Å². The number of benzene rings is 2. The van der Waals surface area contributed by atoms with Crippen molar-refractivity contribution < 1.29 is 9.59 Å². The third-order valence-electron chi connectivity index (χ3n) is 6.59. The van der Waals surface area contributed by atoms with E-state index in [1.807, 2.05) is 54.7 Å². The zero-order chi connectivity index (χ0) is 21.9. The molecule has 1 aliphatic heterocycles. The van der Waals surface area contributed by atoms with Crippen molar-refractivity contribution in [2.75, 3.05) is 25.0 Å². The molecule has 6 nitrogen and oxygen atoms in total. The maximum Gasteiger partial charge on any atom is 0.251 e. The van der Waals surface area contributed by atoms with Crippen molar-refractivity contribution in [3.05, 3.63) is 72.1 Å². The molecule has 1 aliphatic carbocycles. The minimum absolute atomic E-state index is 0.0263. The second-order valence-electron chi connectivity index (χ2n) is 8.92. The highest BCUT2D eigenvalue weighted by Crippen LogP contribution is 2.48. The molecule has 5 rings (SSSR count). The minimum Gasteiger partial charge on any atom is -0.352 e. The molecular formula is C26H28N4O2. The molecule has 0 unspecified atom stereocenters. The van der Waals surface area contributed by atoms with Crippen LogP contribution in [0.4, 0.5) is 5.69 Å². The van der Waals surface area contributed by atoms with Gasteiger partial charge in [-0.3, -0.25) is 14.6 Å². The Bertz CT molecular complexity index is 1120. The molecule has 32 heavy (non-hydrogen) atoms. The molecule has 2 fully saturated rings. The predicted octanol–water partition coefficient (Wildman–Crippen LogP) is 3.71. The van der Waals surface area contributed by atoms with Gasteiger partial charge in [0.1, 0.15) is 0 Å². The van der Waals surface area contributed by atoms with Gasteiger partial charge in [-0.15, -0.1) is 0 Å². The van der Waals surface area contributed by atoms with E-state index in [0.29, 0.717) is 18.0 Å². The van der Waals surface area contributed by atoms with Crippen LogP contribution >= 0.6 is 0 Å². The van der Waals surface area contributed by atoms with Crippen LogP contribution in [0.15, 0.2) is 60.9 Å². The Hall–Kier alpha value is -3.25. The number of piperidine rings is 1. The Morgan fingerprint density at radius 3 is 2.75 bits per heavy atom. The van der Waals surface area contributed by atoms with Crippen LogP contribution in [-0.2, 0) is 4.79 Å². The van der Waals surface area contributed by atoms with Gasteiger partial charge in [0, 0.05) is 41.5 Å². The third-order valence-corrected chi connectivity index (χ3v) is 6.59. The number of pyridine rings is 1. The first-order valence-electron chi connectivity index (χ1n) is 11.4. The number of amides is 2. The van der Waals surface area contributed by atoms with Gasteiger partial charge in [0.05, 0.1) is 0 Å². The van der Waals surface area contributed by atoms with Crippen LogP contribution in [0.3, 0.4) is 0 Å². The highest BCUT2D eigenvalue weighted by atomic mass is 16.2. The highest BCUT2D eigenvalue weighted by Gasteiger charge is 2.43. The average Bonchev–Trinajstić information content (AvgIpc) is 3.64. The number of carbonyl (C=O) groups is 2. The van der Waals surface area contributed by atoms with E-state index in [1.165, 1.54) is 6.42 Å². The van der Waals surface area contributed by atoms with Gasteiger partial charge in [-0.25, -0.2) is 0 Å². The largest absolute Gasteiger partial charge is 0.352 e. The van der Waals surface area contributed by atoms with Gasteiger partial charge in [-0.2, -0.15) is 0 Å². The maximum atomic E-state index is 12.7. The lowest BCUT2D eigenvalue weighted by molar-refractivity contribution is -0.117. The zero-order valence-electron chi connectivity index (χ0n) is 18.0. The van der Waals surface area contributed by atoms with Gasteiger partial charge >= 0.3 is 0 Å². The summed E-state index contributed by atoms with van der Waals surface area (Å²) in [6.45, 7) is 2.76. The third kappa shape index (κ3) is 4.65. The van der Waals surface area contributed by atoms with E-state index < -0.39 is 0 Å². The normalized spacial score (nSPS) is 22.3. The van der Waals surface area contributed by atoms with Gasteiger partial charge < -0.3 is 16.0 Å². The first kappa shape index (κ1) is 20.6. The Morgan fingerprint density at radius 1 is 1.06 bits per heavy atom. The maximum absolute atomic E-state index is 12.7. The quantitative estimate of drug-likeness (QED) is 0.559. The van der Waals surface area contributed by atoms with Crippen molar-refractivity contribution in [2.24, 2.45) is 11.8 Å². The van der Waals surface area contributed by atoms with E-state index in [4.69, 9.17) is 0 Å². The molecule has 2 aromatic carbocycles. The molecule has 2 heterocycles. The summed E-state index contributed by atoms with van der Waals surface area (Å²) in [5.41, 5.74) is 2.59. The molecule has 3 aromatic rings. The fourth-order valence-electron chi connectivity index (χ4n) is 4.57. The van der Waals surface area contributed by atoms with Gasteiger partial charge in [-0.1, -0.05) is 18.2 Å². The van der Waals surface area contributed by atoms with Crippen LogP contribution in [0.1, 0.15) is 41.1 Å². The van der Waals surface area contributed by atoms with Crippen molar-refractivity contribution in [3.8, 4) is 0 Å². The van der Waals surface area contributed by atoms with Crippen LogP contribution in [-0.4, -0.2) is 36.4 Å². The topological polar surface area (TPSA) is 83.1 Å². The fourth-order valence-corrected chi connectivity index (χ4v) is 4.57. The van der Waals surface area contributed by atoms with E-state index in [2.05, 4.69) is 20.9 Å². The highest BCUT2D eigenvalue weighted by molar-refractivity contribution is 5.97. The molecule has 1 saturated heterocycles. The molecule has 0 bridgehead atoms. The number of hydrogen-bond acceptors (Lipinski definition) is 4. The Balaban J connectivity index is 1.14. The first-order chi connectivity index (χ1) is 15.7. The summed E-state index contributed by atoms with van der Waals surface area (Å²) in [5.74, 6) is 0.716. The van der Waals surface area contributed by atoms with Gasteiger partial charge in [-0.05, 0) is 85.5 Å². The SMILES string of the molecule is O=C(NC[C@@H]1CCCNC1)c1ccc([C@@H]2C[C@H]2C(=O)Nc2ccc3cnccc3c2)cc1. The average molecular weight is 429 g/mol. The second kappa shape index (κ2) is 9.09. The molecule has 0 spiro atoms. The molecule has 1 aromatic heterocycles. The summed E-state index contributed by atoms with van der Waals surface area (Å²) < 4.78 is 0. The van der Waals surface area contributed by atoms with Gasteiger partial charge in [0.2, 0.25) is 5.91 Å². The summed E-state index contributed by atoms with van der Waals surface area (Å²) in [7, 11) is 0. The van der Waals surface area contributed by atoms with E-state index >= 15 is 0 Å². The summed E-state index contributed by atoms with van der Waals surface area (Å²) >= 11 is 0. The van der Waals surface area contributed by atoms with Gasteiger partial charge in [0.25, 0.3) is 5.91 Å². The predicted molar refractivity (Wildman–Crippen MR) is 126 cm³/mol. The van der Waals surface area contributed by atoms with E-state index in [-0.39, 0.29) is 23.7 Å². The first-order valence-corrected chi connectivity index (χ1v) is 11.4. The monoisotopic (exact) mass is 428 g/mol. The molecular weight excluding hydrogens is 400 g/mol. The number of hydrogen-bond donors (Lipinski definition) is 3. The summed E-state index contributed by atoms with van der Waals surface area (Å²) in [6.07, 6.45) is 6.73. The summed E-state index contributed by atoms with van der Waals surface area (Å²) in [5, 5.41) is 11.6. The molecule has 6 heteroatoms. The van der Waals surface area contributed by atoms with Crippen LogP contribution < -0.4 is 16.0 Å². The number of rotatable bonds is 6. The molecule has 164 valence electrons. The van der Waals surface area contributed by atoms with Crippen molar-refractivity contribution in [1.29, 1.82) is 0 Å². The van der Waals surface area contributed by atoms with Crippen molar-refractivity contribution in [3.63, 3.8) is 0 Å². The summed E-state index contributed by atoms with van der Waals surface area (Å²) in [6, 6.07) is 15.5. The van der Waals surface area contributed by atoms with Crippen molar-refractivity contribution >= 4 is 28.3 Å². The number of nitrogens with one attached hydrogen (secondary N) is 3. The Kier molecular flexibility index (Phi) is 5.86. The number of carbonyl (C=O) groups excluding carboxylic acids is 2. The van der Waals surface area contributed by atoms with Gasteiger partial charge in [0.15, 0.2) is 0 Å². The molecule has 0 radical (unpaired) electrons. The number of aromatic nitrogens is 1. The standard InChI is InChI=1S/C26H28N4O2/c31-25(29-15-17-2-1-10-27-14-17)19-5-3-18(4-6-19)23-13-24(23)26(32)30-22-8-7-21-16-28-11-9-20(21)12-22/h3-9,11-12,16-17,23-24,27H,1-2,10,13-15H2,(H,29,31)(H,30,32)/t17-,23+,24-/m1/s1. The lowest BCUT2D eigenvalue weighted by atomic mass is 9.99. The van der Waals surface area contributed by atoms with E-state index in [0.717, 1.165) is 48.0 Å². The van der Waals surface area contributed by atoms with E-state index in [1.54, 1.807) is 6.20 Å².